The van der Waals surface area contributed by atoms with Crippen LogP contribution in [0, 0.1) is 23.7 Å². The maximum atomic E-state index is 14.1. The maximum absolute atomic E-state index is 14.1. The van der Waals surface area contributed by atoms with Gasteiger partial charge in [-0.3, -0.25) is 4.79 Å². The van der Waals surface area contributed by atoms with E-state index < -0.39 is 72.1 Å². The van der Waals surface area contributed by atoms with Crippen molar-refractivity contribution >= 4 is 5.97 Å². The first-order valence-corrected chi connectivity index (χ1v) is 18.7. The lowest BCUT2D eigenvalue weighted by atomic mass is 9.79. The molecule has 0 spiro atoms. The first-order valence-electron chi connectivity index (χ1n) is 18.7. The average molecular weight is 698 g/mol. The molecule has 49 heavy (non-hydrogen) atoms. The molecule has 0 aromatic rings. The molecule has 4 rings (SSSR count). The van der Waals surface area contributed by atoms with Gasteiger partial charge in [0.15, 0.2) is 12.6 Å². The van der Waals surface area contributed by atoms with Gasteiger partial charge in [-0.2, -0.15) is 0 Å². The predicted molar refractivity (Wildman–Crippen MR) is 185 cm³/mol. The average Bonchev–Trinajstić information content (AvgIpc) is 3.37. The van der Waals surface area contributed by atoms with Crippen LogP contribution in [0.25, 0.3) is 0 Å². The number of fused-ring (bicyclic) bond motifs is 2. The third-order valence-electron chi connectivity index (χ3n) is 12.0. The molecule has 2 bridgehead atoms. The lowest BCUT2D eigenvalue weighted by Crippen LogP contribution is -2.59. The van der Waals surface area contributed by atoms with Crippen molar-refractivity contribution in [1.82, 2.24) is 4.90 Å². The van der Waals surface area contributed by atoms with E-state index in [2.05, 4.69) is 18.7 Å². The van der Waals surface area contributed by atoms with Crippen LogP contribution in [0.4, 0.5) is 0 Å². The minimum atomic E-state index is -0.950. The molecule has 0 amide bonds. The SMILES string of the molecule is CCC1OC(=O)C(C)C(OC2CC(C)(OC)C[C@H](C)O2)C(C)C(OC2OC(C)CC(N(C)CC)C2O)C2(C)CC(C)=C(O2)[C@H](C)C(O)[C@H]1C. The van der Waals surface area contributed by atoms with Gasteiger partial charge in [-0.15, -0.1) is 0 Å². The van der Waals surface area contributed by atoms with Crippen LogP contribution in [0.1, 0.15) is 108 Å². The summed E-state index contributed by atoms with van der Waals surface area (Å²) in [6.07, 6.45) is -2.63. The van der Waals surface area contributed by atoms with Gasteiger partial charge in [0.05, 0.1) is 35.9 Å². The van der Waals surface area contributed by atoms with E-state index >= 15 is 0 Å². The number of esters is 1. The van der Waals surface area contributed by atoms with E-state index in [1.54, 1.807) is 7.11 Å². The third-order valence-corrected chi connectivity index (χ3v) is 12.0. The number of carbonyl (C=O) groups is 1. The Morgan fingerprint density at radius 3 is 2.20 bits per heavy atom. The van der Waals surface area contributed by atoms with Gasteiger partial charge >= 0.3 is 5.97 Å². The Morgan fingerprint density at radius 2 is 1.59 bits per heavy atom. The van der Waals surface area contributed by atoms with Crippen molar-refractivity contribution in [2.45, 2.75) is 181 Å². The fraction of sp³-hybridized carbons (Fsp3) is 0.921. The summed E-state index contributed by atoms with van der Waals surface area (Å²) in [5.74, 6) is -1.60. The fourth-order valence-corrected chi connectivity index (χ4v) is 8.88. The summed E-state index contributed by atoms with van der Waals surface area (Å²) in [6, 6.07) is -0.163. The van der Waals surface area contributed by atoms with Crippen LogP contribution in [0.5, 0.6) is 0 Å². The molecule has 3 fully saturated rings. The van der Waals surface area contributed by atoms with E-state index in [0.717, 1.165) is 17.9 Å². The Morgan fingerprint density at radius 1 is 0.918 bits per heavy atom. The van der Waals surface area contributed by atoms with Crippen molar-refractivity contribution in [2.75, 3.05) is 20.7 Å². The number of hydrogen-bond acceptors (Lipinski definition) is 11. The molecular formula is C38H67NO10. The van der Waals surface area contributed by atoms with Crippen molar-refractivity contribution in [2.24, 2.45) is 23.7 Å². The highest BCUT2D eigenvalue weighted by Gasteiger charge is 2.54. The first kappa shape index (κ1) is 40.5. The topological polar surface area (TPSA) is 125 Å². The summed E-state index contributed by atoms with van der Waals surface area (Å²) in [7, 11) is 3.70. The van der Waals surface area contributed by atoms with Crippen LogP contribution < -0.4 is 0 Å². The number of aliphatic hydroxyl groups excluding tert-OH is 2. The molecule has 4 aliphatic rings. The van der Waals surface area contributed by atoms with E-state index in [1.165, 1.54) is 0 Å². The van der Waals surface area contributed by atoms with Gasteiger partial charge in [-0.05, 0) is 73.5 Å². The molecule has 4 heterocycles. The third kappa shape index (κ3) is 8.67. The minimum Gasteiger partial charge on any atom is -0.489 e. The molecule has 11 nitrogen and oxygen atoms in total. The van der Waals surface area contributed by atoms with E-state index in [9.17, 15) is 15.0 Å². The smallest absolute Gasteiger partial charge is 0.311 e. The van der Waals surface area contributed by atoms with Crippen LogP contribution >= 0.6 is 0 Å². The van der Waals surface area contributed by atoms with E-state index in [1.807, 2.05) is 69.4 Å². The highest BCUT2D eigenvalue weighted by Crippen LogP contribution is 2.47. The van der Waals surface area contributed by atoms with E-state index in [-0.39, 0.29) is 30.1 Å². The summed E-state index contributed by atoms with van der Waals surface area (Å²) >= 11 is 0. The number of ether oxygens (including phenoxy) is 7. The second kappa shape index (κ2) is 16.1. The zero-order valence-corrected chi connectivity index (χ0v) is 32.4. The number of likely N-dealkylation sites (N-methyl/N-ethyl adjacent to an activating group) is 1. The second-order valence-electron chi connectivity index (χ2n) is 16.2. The molecular weight excluding hydrogens is 630 g/mol. The van der Waals surface area contributed by atoms with Gasteiger partial charge < -0.3 is 48.3 Å². The van der Waals surface area contributed by atoms with Gasteiger partial charge in [-0.25, -0.2) is 0 Å². The molecule has 16 atom stereocenters. The number of aliphatic hydroxyl groups is 2. The molecule has 2 N–H and O–H groups in total. The Balaban J connectivity index is 1.81. The molecule has 3 saturated heterocycles. The number of cyclic esters (lactones) is 1. The first-order chi connectivity index (χ1) is 22.9. The van der Waals surface area contributed by atoms with Gasteiger partial charge in [-0.1, -0.05) is 34.6 Å². The summed E-state index contributed by atoms with van der Waals surface area (Å²) in [6.45, 7) is 22.6. The lowest BCUT2D eigenvalue weighted by molar-refractivity contribution is -0.309. The number of hydrogen-bond donors (Lipinski definition) is 2. The number of carbonyl (C=O) groups excluding carboxylic acids is 1. The highest BCUT2D eigenvalue weighted by atomic mass is 16.7. The second-order valence-corrected chi connectivity index (χ2v) is 16.2. The Hall–Kier alpha value is -1.31. The van der Waals surface area contributed by atoms with Crippen LogP contribution in [0.3, 0.4) is 0 Å². The summed E-state index contributed by atoms with van der Waals surface area (Å²) < 4.78 is 45.6. The van der Waals surface area contributed by atoms with Crippen molar-refractivity contribution in [3.8, 4) is 0 Å². The molecule has 0 saturated carbocycles. The number of nitrogens with zero attached hydrogens (tertiary/aromatic N) is 1. The van der Waals surface area contributed by atoms with Gasteiger partial charge in [0.1, 0.15) is 29.7 Å². The molecule has 0 aliphatic carbocycles. The van der Waals surface area contributed by atoms with Crippen LogP contribution in [-0.4, -0.2) is 114 Å². The molecule has 0 aromatic heterocycles. The fourth-order valence-electron chi connectivity index (χ4n) is 8.88. The largest absolute Gasteiger partial charge is 0.489 e. The monoisotopic (exact) mass is 697 g/mol. The summed E-state index contributed by atoms with van der Waals surface area (Å²) in [5.41, 5.74) is -0.370. The van der Waals surface area contributed by atoms with Crippen LogP contribution in [0.15, 0.2) is 11.3 Å². The molecule has 284 valence electrons. The van der Waals surface area contributed by atoms with Gasteiger partial charge in [0.2, 0.25) is 0 Å². The van der Waals surface area contributed by atoms with Gasteiger partial charge in [0, 0.05) is 50.2 Å². The molecule has 0 aromatic carbocycles. The van der Waals surface area contributed by atoms with Crippen molar-refractivity contribution in [1.29, 1.82) is 0 Å². The lowest BCUT2D eigenvalue weighted by Gasteiger charge is -2.48. The molecule has 11 heteroatoms. The Labute approximate surface area is 295 Å². The van der Waals surface area contributed by atoms with E-state index in [4.69, 9.17) is 33.2 Å². The van der Waals surface area contributed by atoms with Gasteiger partial charge in [0.25, 0.3) is 0 Å². The molecule has 0 radical (unpaired) electrons. The van der Waals surface area contributed by atoms with Crippen LogP contribution in [0.2, 0.25) is 0 Å². The van der Waals surface area contributed by atoms with Crippen molar-refractivity contribution in [3.63, 3.8) is 0 Å². The molecule has 4 aliphatic heterocycles. The minimum absolute atomic E-state index is 0.124. The quantitative estimate of drug-likeness (QED) is 0.326. The Kier molecular flexibility index (Phi) is 13.3. The standard InChI is InChI=1S/C38H67NO10/c1-14-28-23(6)30(40)24(7)32-20(3)17-38(11,49-32)34(48-36-31(41)27(39(12)15-2)16-21(4)45-36)25(8)33(26(9)35(42)46-28)47-29-19-37(10,43-13)18-22(5)44-29/h21-31,33-34,36,40-41H,14-19H2,1-13H3/t21?,22-,23-,24+,25?,26?,27?,28?,29?,30?,31?,33?,34?,36?,37?,38?/m0/s1. The Bertz CT molecular complexity index is 1150. The summed E-state index contributed by atoms with van der Waals surface area (Å²) in [4.78, 5) is 16.2. The predicted octanol–water partition coefficient (Wildman–Crippen LogP) is 5.20. The molecule has 13 unspecified atom stereocenters. The summed E-state index contributed by atoms with van der Waals surface area (Å²) in [5, 5.41) is 23.3. The highest BCUT2D eigenvalue weighted by molar-refractivity contribution is 5.73. The number of methoxy groups -OCH3 is 1. The van der Waals surface area contributed by atoms with E-state index in [0.29, 0.717) is 32.1 Å². The van der Waals surface area contributed by atoms with Crippen molar-refractivity contribution in [3.05, 3.63) is 11.3 Å². The maximum Gasteiger partial charge on any atom is 0.311 e. The van der Waals surface area contributed by atoms with Crippen molar-refractivity contribution < 1.29 is 48.2 Å². The zero-order valence-electron chi connectivity index (χ0n) is 32.4. The van der Waals surface area contributed by atoms with Crippen LogP contribution in [-0.2, 0) is 38.0 Å². The normalized spacial score (nSPS) is 47.2. The number of rotatable bonds is 8. The zero-order chi connectivity index (χ0) is 36.6.